The maximum atomic E-state index is 5.69. The number of nitrogens with two attached hydrogens (primary N) is 1. The highest BCUT2D eigenvalue weighted by Gasteiger charge is 2.09. The molecule has 1 heterocycles. The predicted molar refractivity (Wildman–Crippen MR) is 83.3 cm³/mol. The van der Waals surface area contributed by atoms with Crippen LogP contribution in [0, 0.1) is 13.8 Å². The Morgan fingerprint density at radius 3 is 2.50 bits per heavy atom. The minimum absolute atomic E-state index is 0.276. The van der Waals surface area contributed by atoms with Crippen LogP contribution < -0.4 is 11.3 Å². The number of nitrogens with one attached hydrogen (secondary N) is 1. The molecule has 1 aromatic heterocycles. The van der Waals surface area contributed by atoms with Gasteiger partial charge in [0.05, 0.1) is 0 Å². The van der Waals surface area contributed by atoms with Gasteiger partial charge < -0.3 is 0 Å². The van der Waals surface area contributed by atoms with Crippen LogP contribution in [0.25, 0.3) is 0 Å². The molecule has 0 saturated carbocycles. The second-order valence-electron chi connectivity index (χ2n) is 5.42. The van der Waals surface area contributed by atoms with Crippen molar-refractivity contribution >= 4 is 0 Å². The molecule has 3 N–H and O–H groups in total. The minimum atomic E-state index is 0.276. The fourth-order valence-corrected chi connectivity index (χ4v) is 2.58. The van der Waals surface area contributed by atoms with E-state index in [0.29, 0.717) is 0 Å². The highest BCUT2D eigenvalue weighted by atomic mass is 15.2. The topological polar surface area (TPSA) is 50.9 Å². The Morgan fingerprint density at radius 1 is 1.15 bits per heavy atom. The van der Waals surface area contributed by atoms with E-state index in [1.807, 2.05) is 18.3 Å². The standard InChI is InChI=1S/C17H23N3/c1-13-9-14(2)11-15(10-13)12-17(20-18)7-6-16-5-3-4-8-19-16/h3-5,8-11,17,20H,6-7,12,18H2,1-2H3. The zero-order valence-electron chi connectivity index (χ0n) is 12.3. The second kappa shape index (κ2) is 7.17. The number of rotatable bonds is 6. The SMILES string of the molecule is Cc1cc(C)cc(CC(CCc2ccccn2)NN)c1. The summed E-state index contributed by atoms with van der Waals surface area (Å²) < 4.78 is 0. The first-order chi connectivity index (χ1) is 9.67. The Labute approximate surface area is 121 Å². The lowest BCUT2D eigenvalue weighted by atomic mass is 9.98. The molecule has 0 amide bonds. The van der Waals surface area contributed by atoms with Crippen molar-refractivity contribution in [3.05, 3.63) is 65.0 Å². The number of pyridine rings is 1. The fraction of sp³-hybridized carbons (Fsp3) is 0.353. The highest BCUT2D eigenvalue weighted by Crippen LogP contribution is 2.13. The summed E-state index contributed by atoms with van der Waals surface area (Å²) in [6.07, 6.45) is 4.72. The molecule has 0 radical (unpaired) electrons. The molecule has 1 unspecified atom stereocenters. The molecule has 0 aliphatic rings. The lowest BCUT2D eigenvalue weighted by molar-refractivity contribution is 0.489. The summed E-state index contributed by atoms with van der Waals surface area (Å²) in [5.41, 5.74) is 8.00. The van der Waals surface area contributed by atoms with E-state index >= 15 is 0 Å². The van der Waals surface area contributed by atoms with Crippen LogP contribution in [0.2, 0.25) is 0 Å². The normalized spacial score (nSPS) is 12.3. The van der Waals surface area contributed by atoms with Crippen molar-refractivity contribution in [2.24, 2.45) is 5.84 Å². The van der Waals surface area contributed by atoms with Crippen LogP contribution in [-0.4, -0.2) is 11.0 Å². The van der Waals surface area contributed by atoms with Crippen molar-refractivity contribution in [3.63, 3.8) is 0 Å². The highest BCUT2D eigenvalue weighted by molar-refractivity contribution is 5.29. The molecule has 0 saturated heterocycles. The Morgan fingerprint density at radius 2 is 1.90 bits per heavy atom. The number of aryl methyl sites for hydroxylation is 3. The molecule has 2 rings (SSSR count). The molecule has 106 valence electrons. The van der Waals surface area contributed by atoms with E-state index < -0.39 is 0 Å². The van der Waals surface area contributed by atoms with E-state index in [-0.39, 0.29) is 6.04 Å². The van der Waals surface area contributed by atoms with Crippen molar-refractivity contribution in [1.82, 2.24) is 10.4 Å². The molecule has 3 nitrogen and oxygen atoms in total. The third-order valence-electron chi connectivity index (χ3n) is 3.47. The maximum Gasteiger partial charge on any atom is 0.0404 e. The molecule has 3 heteroatoms. The van der Waals surface area contributed by atoms with E-state index in [0.717, 1.165) is 25.0 Å². The smallest absolute Gasteiger partial charge is 0.0404 e. The first-order valence-electron chi connectivity index (χ1n) is 7.10. The van der Waals surface area contributed by atoms with Crippen LogP contribution in [0.5, 0.6) is 0 Å². The third-order valence-corrected chi connectivity index (χ3v) is 3.47. The summed E-state index contributed by atoms with van der Waals surface area (Å²) in [7, 11) is 0. The molecule has 0 bridgehead atoms. The van der Waals surface area contributed by atoms with Crippen LogP contribution in [0.3, 0.4) is 0 Å². The number of hydrogen-bond donors (Lipinski definition) is 2. The summed E-state index contributed by atoms with van der Waals surface area (Å²) >= 11 is 0. The summed E-state index contributed by atoms with van der Waals surface area (Å²) in [4.78, 5) is 4.35. The first kappa shape index (κ1) is 14.7. The number of benzene rings is 1. The zero-order valence-corrected chi connectivity index (χ0v) is 12.3. The Bertz CT molecular complexity index is 517. The molecule has 20 heavy (non-hydrogen) atoms. The monoisotopic (exact) mass is 269 g/mol. The van der Waals surface area contributed by atoms with Crippen LogP contribution in [0.4, 0.5) is 0 Å². The van der Waals surface area contributed by atoms with E-state index in [1.54, 1.807) is 0 Å². The number of hydrogen-bond acceptors (Lipinski definition) is 3. The Balaban J connectivity index is 1.95. The quantitative estimate of drug-likeness (QED) is 0.626. The molecule has 2 aromatic rings. The number of nitrogens with zero attached hydrogens (tertiary/aromatic N) is 1. The molecule has 0 aliphatic carbocycles. The van der Waals surface area contributed by atoms with E-state index in [9.17, 15) is 0 Å². The van der Waals surface area contributed by atoms with Gasteiger partial charge >= 0.3 is 0 Å². The maximum absolute atomic E-state index is 5.69. The van der Waals surface area contributed by atoms with Gasteiger partial charge in [-0.15, -0.1) is 0 Å². The lowest BCUT2D eigenvalue weighted by Crippen LogP contribution is -2.37. The van der Waals surface area contributed by atoms with Crippen LogP contribution in [-0.2, 0) is 12.8 Å². The molecule has 0 fully saturated rings. The summed E-state index contributed by atoms with van der Waals surface area (Å²) in [6, 6.07) is 13.0. The molecule has 1 aromatic carbocycles. The molecule has 0 aliphatic heterocycles. The van der Waals surface area contributed by atoms with Crippen molar-refractivity contribution in [3.8, 4) is 0 Å². The van der Waals surface area contributed by atoms with Crippen LogP contribution in [0.15, 0.2) is 42.6 Å². The largest absolute Gasteiger partial charge is 0.271 e. The summed E-state index contributed by atoms with van der Waals surface area (Å²) in [5, 5.41) is 0. The zero-order chi connectivity index (χ0) is 14.4. The number of aromatic nitrogens is 1. The summed E-state index contributed by atoms with van der Waals surface area (Å²) in [6.45, 7) is 4.27. The van der Waals surface area contributed by atoms with Crippen LogP contribution in [0.1, 0.15) is 28.8 Å². The van der Waals surface area contributed by atoms with Gasteiger partial charge in [-0.2, -0.15) is 0 Å². The van der Waals surface area contributed by atoms with E-state index in [4.69, 9.17) is 5.84 Å². The minimum Gasteiger partial charge on any atom is -0.271 e. The van der Waals surface area contributed by atoms with Crippen molar-refractivity contribution < 1.29 is 0 Å². The molecule has 0 spiro atoms. The van der Waals surface area contributed by atoms with Gasteiger partial charge in [0.1, 0.15) is 0 Å². The van der Waals surface area contributed by atoms with E-state index in [1.165, 1.54) is 16.7 Å². The summed E-state index contributed by atoms with van der Waals surface area (Å²) in [5.74, 6) is 5.69. The van der Waals surface area contributed by atoms with E-state index in [2.05, 4.69) is 48.5 Å². The van der Waals surface area contributed by atoms with Gasteiger partial charge in [0, 0.05) is 17.9 Å². The molecule has 1 atom stereocenters. The van der Waals surface area contributed by atoms with Gasteiger partial charge in [0.15, 0.2) is 0 Å². The van der Waals surface area contributed by atoms with Crippen molar-refractivity contribution in [2.75, 3.05) is 0 Å². The van der Waals surface area contributed by atoms with Crippen LogP contribution >= 0.6 is 0 Å². The van der Waals surface area contributed by atoms with Gasteiger partial charge in [0.2, 0.25) is 0 Å². The van der Waals surface area contributed by atoms with Gasteiger partial charge in [-0.3, -0.25) is 16.3 Å². The fourth-order valence-electron chi connectivity index (χ4n) is 2.58. The third kappa shape index (κ3) is 4.44. The lowest BCUT2D eigenvalue weighted by Gasteiger charge is -2.16. The van der Waals surface area contributed by atoms with Crippen molar-refractivity contribution in [1.29, 1.82) is 0 Å². The second-order valence-corrected chi connectivity index (χ2v) is 5.42. The van der Waals surface area contributed by atoms with Gasteiger partial charge in [-0.05, 0) is 50.8 Å². The average molecular weight is 269 g/mol. The Kier molecular flexibility index (Phi) is 5.27. The van der Waals surface area contributed by atoms with Gasteiger partial charge in [-0.25, -0.2) is 0 Å². The predicted octanol–water partition coefficient (Wildman–Crippen LogP) is 2.71. The van der Waals surface area contributed by atoms with Gasteiger partial charge in [-0.1, -0.05) is 35.4 Å². The molecular weight excluding hydrogens is 246 g/mol. The average Bonchev–Trinajstić information content (AvgIpc) is 2.43. The first-order valence-corrected chi connectivity index (χ1v) is 7.10. The van der Waals surface area contributed by atoms with Crippen molar-refractivity contribution in [2.45, 2.75) is 39.2 Å². The molecular formula is C17H23N3. The van der Waals surface area contributed by atoms with Gasteiger partial charge in [0.25, 0.3) is 0 Å². The number of hydrazine groups is 1. The Hall–Kier alpha value is -1.71.